The first-order valence-electron chi connectivity index (χ1n) is 9.86. The zero-order chi connectivity index (χ0) is 20.1. The molecule has 1 aliphatic heterocycles. The second kappa shape index (κ2) is 19.5. The summed E-state index contributed by atoms with van der Waals surface area (Å²) in [5.74, 6) is -0.126. The van der Waals surface area contributed by atoms with Crippen LogP contribution in [0, 0.1) is 0 Å². The molecule has 0 radical (unpaired) electrons. The molecular formula is C18H36N2O8. The number of hydrogen-bond acceptors (Lipinski definition) is 9. The van der Waals surface area contributed by atoms with E-state index in [1.54, 1.807) is 4.90 Å². The summed E-state index contributed by atoms with van der Waals surface area (Å²) in [5.41, 5.74) is 5.46. The van der Waals surface area contributed by atoms with Crippen LogP contribution in [-0.4, -0.2) is 123 Å². The molecule has 28 heavy (non-hydrogen) atoms. The van der Waals surface area contributed by atoms with Gasteiger partial charge in [0, 0.05) is 13.1 Å². The van der Waals surface area contributed by atoms with Gasteiger partial charge in [-0.3, -0.25) is 4.79 Å². The van der Waals surface area contributed by atoms with E-state index in [1.807, 2.05) is 0 Å². The topological polar surface area (TPSA) is 111 Å². The van der Waals surface area contributed by atoms with Gasteiger partial charge in [0.2, 0.25) is 5.91 Å². The first-order chi connectivity index (χ1) is 13.8. The molecule has 0 aromatic rings. The molecule has 0 aromatic heterocycles. The van der Waals surface area contributed by atoms with E-state index in [2.05, 4.69) is 0 Å². The number of carbonyl (C=O) groups excluding carboxylic acids is 1. The Morgan fingerprint density at radius 2 is 0.786 bits per heavy atom. The van der Waals surface area contributed by atoms with E-state index in [9.17, 15) is 4.79 Å². The summed E-state index contributed by atoms with van der Waals surface area (Å²) >= 11 is 0. The molecule has 10 nitrogen and oxygen atoms in total. The van der Waals surface area contributed by atoms with Crippen LogP contribution in [0.5, 0.6) is 0 Å². The number of hydrogen-bond donors (Lipinski definition) is 1. The number of rotatable bonds is 1. The van der Waals surface area contributed by atoms with E-state index in [0.29, 0.717) is 106 Å². The van der Waals surface area contributed by atoms with Gasteiger partial charge in [0.1, 0.15) is 0 Å². The summed E-state index contributed by atoms with van der Waals surface area (Å²) in [6.45, 7) is 7.75. The molecule has 1 aliphatic rings. The summed E-state index contributed by atoms with van der Waals surface area (Å²) in [4.78, 5) is 13.5. The zero-order valence-corrected chi connectivity index (χ0v) is 16.8. The van der Waals surface area contributed by atoms with Crippen LogP contribution in [0.1, 0.15) is 0 Å². The molecule has 166 valence electrons. The van der Waals surface area contributed by atoms with Gasteiger partial charge >= 0.3 is 0 Å². The molecule has 0 spiro atoms. The first kappa shape index (κ1) is 25.2. The minimum atomic E-state index is -0.126. The largest absolute Gasteiger partial charge is 0.377 e. The highest BCUT2D eigenvalue weighted by atomic mass is 16.6. The second-order valence-corrected chi connectivity index (χ2v) is 5.87. The van der Waals surface area contributed by atoms with Gasteiger partial charge in [0.25, 0.3) is 0 Å². The Morgan fingerprint density at radius 3 is 1.04 bits per heavy atom. The van der Waals surface area contributed by atoms with Crippen molar-refractivity contribution in [1.82, 2.24) is 4.90 Å². The molecule has 1 fully saturated rings. The molecule has 1 heterocycles. The number of amides is 1. The second-order valence-electron chi connectivity index (χ2n) is 5.87. The van der Waals surface area contributed by atoms with Crippen LogP contribution < -0.4 is 5.73 Å². The maximum absolute atomic E-state index is 11.9. The third-order valence-corrected chi connectivity index (χ3v) is 3.77. The molecule has 0 aromatic carbocycles. The minimum Gasteiger partial charge on any atom is -0.377 e. The van der Waals surface area contributed by atoms with Crippen LogP contribution in [-0.2, 0) is 38.0 Å². The Balaban J connectivity index is 2.24. The van der Waals surface area contributed by atoms with Crippen molar-refractivity contribution in [3.8, 4) is 0 Å². The van der Waals surface area contributed by atoms with Gasteiger partial charge in [-0.2, -0.15) is 0 Å². The van der Waals surface area contributed by atoms with E-state index in [4.69, 9.17) is 38.9 Å². The van der Waals surface area contributed by atoms with Crippen molar-refractivity contribution in [3.05, 3.63) is 0 Å². The first-order valence-corrected chi connectivity index (χ1v) is 9.86. The molecular weight excluding hydrogens is 372 g/mol. The smallest absolute Gasteiger partial charge is 0.236 e. The molecule has 1 amide bonds. The lowest BCUT2D eigenvalue weighted by atomic mass is 10.4. The lowest BCUT2D eigenvalue weighted by Gasteiger charge is -2.22. The molecule has 0 bridgehead atoms. The average molecular weight is 408 g/mol. The highest BCUT2D eigenvalue weighted by molar-refractivity contribution is 5.77. The van der Waals surface area contributed by atoms with Gasteiger partial charge in [-0.15, -0.1) is 0 Å². The zero-order valence-electron chi connectivity index (χ0n) is 16.8. The van der Waals surface area contributed by atoms with Gasteiger partial charge in [0.15, 0.2) is 0 Å². The maximum Gasteiger partial charge on any atom is 0.236 e. The van der Waals surface area contributed by atoms with Gasteiger partial charge in [-0.25, -0.2) is 0 Å². The number of ether oxygens (including phenoxy) is 7. The Hall–Kier alpha value is -0.850. The Labute approximate surface area is 167 Å². The van der Waals surface area contributed by atoms with Crippen LogP contribution in [0.2, 0.25) is 0 Å². The van der Waals surface area contributed by atoms with E-state index < -0.39 is 0 Å². The highest BCUT2D eigenvalue weighted by Gasteiger charge is 2.11. The lowest BCUT2D eigenvalue weighted by Crippen LogP contribution is -2.40. The van der Waals surface area contributed by atoms with E-state index in [-0.39, 0.29) is 12.5 Å². The lowest BCUT2D eigenvalue weighted by molar-refractivity contribution is -0.131. The van der Waals surface area contributed by atoms with Crippen LogP contribution in [0.3, 0.4) is 0 Å². The fourth-order valence-electron chi connectivity index (χ4n) is 2.26. The van der Waals surface area contributed by atoms with Gasteiger partial charge in [0.05, 0.1) is 99.0 Å². The van der Waals surface area contributed by atoms with Gasteiger partial charge in [-0.1, -0.05) is 0 Å². The summed E-state index contributed by atoms with van der Waals surface area (Å²) in [7, 11) is 0. The fourth-order valence-corrected chi connectivity index (χ4v) is 2.26. The van der Waals surface area contributed by atoms with Crippen molar-refractivity contribution in [1.29, 1.82) is 0 Å². The molecule has 0 unspecified atom stereocenters. The maximum atomic E-state index is 11.9. The van der Waals surface area contributed by atoms with Crippen molar-refractivity contribution in [2.24, 2.45) is 5.73 Å². The molecule has 0 atom stereocenters. The molecule has 0 saturated carbocycles. The standard InChI is InChI=1S/C18H36N2O8/c19-17-18(21)20-1-3-22-5-7-24-9-11-26-13-15-28-16-14-27-12-10-25-8-6-23-4-2-20/h1-17,19H2. The van der Waals surface area contributed by atoms with Crippen LogP contribution >= 0.6 is 0 Å². The predicted octanol–water partition coefficient (Wildman–Crippen LogP) is -1.10. The van der Waals surface area contributed by atoms with Crippen molar-refractivity contribution < 1.29 is 38.0 Å². The Morgan fingerprint density at radius 1 is 0.536 bits per heavy atom. The number of carbonyl (C=O) groups is 1. The van der Waals surface area contributed by atoms with Crippen LogP contribution in [0.4, 0.5) is 0 Å². The fraction of sp³-hybridized carbons (Fsp3) is 0.944. The van der Waals surface area contributed by atoms with E-state index in [0.717, 1.165) is 0 Å². The van der Waals surface area contributed by atoms with Crippen LogP contribution in [0.15, 0.2) is 0 Å². The molecule has 10 heteroatoms. The summed E-state index contributed by atoms with van der Waals surface area (Å²) in [5, 5.41) is 0. The molecule has 1 saturated heterocycles. The van der Waals surface area contributed by atoms with Gasteiger partial charge in [-0.05, 0) is 0 Å². The average Bonchev–Trinajstić information content (AvgIpc) is 2.71. The summed E-state index contributed by atoms with van der Waals surface area (Å²) in [6, 6.07) is 0. The predicted molar refractivity (Wildman–Crippen MR) is 101 cm³/mol. The molecule has 0 aliphatic carbocycles. The molecule has 1 rings (SSSR count). The summed E-state index contributed by atoms with van der Waals surface area (Å²) in [6.07, 6.45) is 0. The third-order valence-electron chi connectivity index (χ3n) is 3.77. The summed E-state index contributed by atoms with van der Waals surface area (Å²) < 4.78 is 38.1. The van der Waals surface area contributed by atoms with Crippen molar-refractivity contribution in [2.75, 3.05) is 112 Å². The van der Waals surface area contributed by atoms with Crippen LogP contribution in [0.25, 0.3) is 0 Å². The Bertz CT molecular complexity index is 338. The van der Waals surface area contributed by atoms with Gasteiger partial charge < -0.3 is 43.8 Å². The SMILES string of the molecule is NCC(=O)N1CCOCCOCCOCCOCCOCCOCCOCC1. The number of nitrogens with two attached hydrogens (primary N) is 1. The number of nitrogens with zero attached hydrogens (tertiary/aromatic N) is 1. The van der Waals surface area contributed by atoms with E-state index in [1.165, 1.54) is 0 Å². The monoisotopic (exact) mass is 408 g/mol. The quantitative estimate of drug-likeness (QED) is 0.578. The highest BCUT2D eigenvalue weighted by Crippen LogP contribution is 1.92. The normalized spacial score (nSPS) is 22.2. The van der Waals surface area contributed by atoms with E-state index >= 15 is 0 Å². The van der Waals surface area contributed by atoms with Crippen molar-refractivity contribution in [2.45, 2.75) is 0 Å². The minimum absolute atomic E-state index is 0.0305. The Kier molecular flexibility index (Phi) is 17.5. The van der Waals surface area contributed by atoms with Crippen molar-refractivity contribution >= 4 is 5.91 Å². The molecule has 2 N–H and O–H groups in total. The third kappa shape index (κ3) is 15.1. The van der Waals surface area contributed by atoms with Crippen molar-refractivity contribution in [3.63, 3.8) is 0 Å².